The zero-order valence-electron chi connectivity index (χ0n) is 14.3. The van der Waals surface area contributed by atoms with Crippen LogP contribution < -0.4 is 5.73 Å². The topological polar surface area (TPSA) is 69.4 Å². The van der Waals surface area contributed by atoms with Gasteiger partial charge in [-0.3, -0.25) is 4.79 Å². The summed E-state index contributed by atoms with van der Waals surface area (Å²) in [5.41, 5.74) is 5.03. The van der Waals surface area contributed by atoms with E-state index < -0.39 is 22.9 Å². The molecule has 0 spiro atoms. The normalized spacial score (nSPS) is 13.8. The molecule has 0 aromatic heterocycles. The molecule has 1 atom stereocenters. The lowest BCUT2D eigenvalue weighted by molar-refractivity contribution is -0.159. The Labute approximate surface area is 142 Å². The van der Waals surface area contributed by atoms with Crippen molar-refractivity contribution in [2.75, 3.05) is 0 Å². The molecule has 0 aliphatic carbocycles. The molecular formula is C20H23NO3. The minimum absolute atomic E-state index is 0.0798. The average Bonchev–Trinajstić information content (AvgIpc) is 2.54. The van der Waals surface area contributed by atoms with Gasteiger partial charge in [0.2, 0.25) is 0 Å². The van der Waals surface area contributed by atoms with Gasteiger partial charge in [0.05, 0.1) is 0 Å². The van der Waals surface area contributed by atoms with Crippen molar-refractivity contribution in [3.05, 3.63) is 71.8 Å². The maximum Gasteiger partial charge on any atom is 0.335 e. The summed E-state index contributed by atoms with van der Waals surface area (Å²) in [6.07, 6.45) is 0.0798. The van der Waals surface area contributed by atoms with E-state index in [-0.39, 0.29) is 6.42 Å². The molecule has 2 N–H and O–H groups in total. The zero-order valence-corrected chi connectivity index (χ0v) is 14.3. The number of carbonyl (C=O) groups excluding carboxylic acids is 2. The Morgan fingerprint density at radius 2 is 1.42 bits per heavy atom. The maximum atomic E-state index is 13.0. The van der Waals surface area contributed by atoms with Gasteiger partial charge in [0.25, 0.3) is 0 Å². The molecule has 4 nitrogen and oxygen atoms in total. The highest BCUT2D eigenvalue weighted by molar-refractivity contribution is 6.16. The number of benzene rings is 2. The van der Waals surface area contributed by atoms with Crippen molar-refractivity contribution in [2.45, 2.75) is 38.3 Å². The molecule has 2 rings (SSSR count). The number of ether oxygens (including phenoxy) is 1. The summed E-state index contributed by atoms with van der Waals surface area (Å²) in [6.45, 7) is 5.25. The van der Waals surface area contributed by atoms with Gasteiger partial charge in [-0.15, -0.1) is 0 Å². The molecule has 2 aromatic rings. The fourth-order valence-electron chi connectivity index (χ4n) is 2.38. The number of esters is 1. The first-order valence-corrected chi connectivity index (χ1v) is 7.88. The van der Waals surface area contributed by atoms with Crippen molar-refractivity contribution >= 4 is 11.8 Å². The predicted molar refractivity (Wildman–Crippen MR) is 93.7 cm³/mol. The SMILES string of the molecule is CC(C)(C)OC(=O)[C@](N)(Cc1ccccc1)C(=O)c1ccccc1. The van der Waals surface area contributed by atoms with Gasteiger partial charge in [0.1, 0.15) is 5.60 Å². The molecule has 2 aromatic carbocycles. The van der Waals surface area contributed by atoms with Crippen molar-refractivity contribution < 1.29 is 14.3 Å². The number of Topliss-reactive ketones (excluding diaryl/α,β-unsaturated/α-hetero) is 1. The van der Waals surface area contributed by atoms with E-state index in [2.05, 4.69) is 0 Å². The van der Waals surface area contributed by atoms with Crippen LogP contribution in [0.1, 0.15) is 36.7 Å². The largest absolute Gasteiger partial charge is 0.458 e. The Kier molecular flexibility index (Phi) is 5.20. The van der Waals surface area contributed by atoms with Gasteiger partial charge in [0, 0.05) is 12.0 Å². The van der Waals surface area contributed by atoms with Crippen LogP contribution in [-0.4, -0.2) is 22.9 Å². The highest BCUT2D eigenvalue weighted by Gasteiger charge is 2.45. The highest BCUT2D eigenvalue weighted by atomic mass is 16.6. The van der Waals surface area contributed by atoms with E-state index in [1.807, 2.05) is 30.3 Å². The third-order valence-corrected chi connectivity index (χ3v) is 3.53. The van der Waals surface area contributed by atoms with Gasteiger partial charge >= 0.3 is 5.97 Å². The van der Waals surface area contributed by atoms with Crippen molar-refractivity contribution in [3.63, 3.8) is 0 Å². The van der Waals surface area contributed by atoms with Crippen molar-refractivity contribution in [2.24, 2.45) is 5.73 Å². The molecule has 0 fully saturated rings. The number of carbonyl (C=O) groups is 2. The monoisotopic (exact) mass is 325 g/mol. The summed E-state index contributed by atoms with van der Waals surface area (Å²) in [5.74, 6) is -1.16. The lowest BCUT2D eigenvalue weighted by Crippen LogP contribution is -2.58. The fourth-order valence-corrected chi connectivity index (χ4v) is 2.38. The Hall–Kier alpha value is -2.46. The van der Waals surface area contributed by atoms with E-state index in [1.54, 1.807) is 51.1 Å². The van der Waals surface area contributed by atoms with Crippen LogP contribution in [0, 0.1) is 0 Å². The second-order valence-corrected chi connectivity index (χ2v) is 6.83. The molecule has 4 heteroatoms. The Morgan fingerprint density at radius 1 is 0.917 bits per heavy atom. The van der Waals surface area contributed by atoms with Gasteiger partial charge in [-0.2, -0.15) is 0 Å². The van der Waals surface area contributed by atoms with Gasteiger partial charge in [-0.1, -0.05) is 60.7 Å². The summed E-state index contributed by atoms with van der Waals surface area (Å²) in [4.78, 5) is 25.7. The van der Waals surface area contributed by atoms with Gasteiger partial charge < -0.3 is 10.5 Å². The van der Waals surface area contributed by atoms with Crippen molar-refractivity contribution in [1.82, 2.24) is 0 Å². The van der Waals surface area contributed by atoms with E-state index in [0.29, 0.717) is 5.56 Å². The second-order valence-electron chi connectivity index (χ2n) is 6.83. The summed E-state index contributed by atoms with van der Waals surface area (Å²) >= 11 is 0. The molecule has 0 saturated heterocycles. The molecule has 0 radical (unpaired) electrons. The Morgan fingerprint density at radius 3 is 1.92 bits per heavy atom. The van der Waals surface area contributed by atoms with Crippen LogP contribution in [0.15, 0.2) is 60.7 Å². The minimum atomic E-state index is -1.77. The highest BCUT2D eigenvalue weighted by Crippen LogP contribution is 2.22. The molecule has 0 saturated carbocycles. The molecule has 0 aliphatic heterocycles. The van der Waals surface area contributed by atoms with Gasteiger partial charge in [-0.05, 0) is 26.3 Å². The number of ketones is 1. The number of hydrogen-bond acceptors (Lipinski definition) is 4. The minimum Gasteiger partial charge on any atom is -0.458 e. The molecule has 0 aliphatic rings. The lowest BCUT2D eigenvalue weighted by atomic mass is 9.84. The van der Waals surface area contributed by atoms with Gasteiger partial charge in [0.15, 0.2) is 11.3 Å². The maximum absolute atomic E-state index is 13.0. The number of hydrogen-bond donors (Lipinski definition) is 1. The van der Waals surface area contributed by atoms with E-state index in [4.69, 9.17) is 10.5 Å². The van der Waals surface area contributed by atoms with Crippen LogP contribution in [-0.2, 0) is 16.0 Å². The van der Waals surface area contributed by atoms with E-state index in [0.717, 1.165) is 5.56 Å². The third-order valence-electron chi connectivity index (χ3n) is 3.53. The van der Waals surface area contributed by atoms with E-state index in [1.165, 1.54) is 0 Å². The standard InChI is InChI=1S/C20H23NO3/c1-19(2,3)24-18(23)20(21,14-15-10-6-4-7-11-15)17(22)16-12-8-5-9-13-16/h4-13H,14,21H2,1-3H3/t20-/m0/s1. The van der Waals surface area contributed by atoms with Crippen LogP contribution in [0.25, 0.3) is 0 Å². The number of rotatable bonds is 5. The van der Waals surface area contributed by atoms with Crippen LogP contribution in [0.3, 0.4) is 0 Å². The summed E-state index contributed by atoms with van der Waals surface area (Å²) < 4.78 is 5.43. The second kappa shape index (κ2) is 6.97. The molecule has 0 bridgehead atoms. The molecule has 0 unspecified atom stereocenters. The smallest absolute Gasteiger partial charge is 0.335 e. The third kappa shape index (κ3) is 4.30. The molecule has 24 heavy (non-hydrogen) atoms. The Bertz CT molecular complexity index is 705. The first-order valence-electron chi connectivity index (χ1n) is 7.88. The van der Waals surface area contributed by atoms with Crippen LogP contribution in [0.5, 0.6) is 0 Å². The summed E-state index contributed by atoms with van der Waals surface area (Å²) in [5, 5.41) is 0. The van der Waals surface area contributed by atoms with Crippen molar-refractivity contribution in [3.8, 4) is 0 Å². The zero-order chi connectivity index (χ0) is 17.8. The van der Waals surface area contributed by atoms with E-state index in [9.17, 15) is 9.59 Å². The number of nitrogens with two attached hydrogens (primary N) is 1. The van der Waals surface area contributed by atoms with Crippen LogP contribution in [0.2, 0.25) is 0 Å². The predicted octanol–water partition coefficient (Wildman–Crippen LogP) is 3.15. The fraction of sp³-hybridized carbons (Fsp3) is 0.300. The van der Waals surface area contributed by atoms with Crippen molar-refractivity contribution in [1.29, 1.82) is 0 Å². The summed E-state index contributed by atoms with van der Waals surface area (Å²) in [6, 6.07) is 17.8. The van der Waals surface area contributed by atoms with Gasteiger partial charge in [-0.25, -0.2) is 4.79 Å². The molecule has 126 valence electrons. The summed E-state index contributed by atoms with van der Waals surface area (Å²) in [7, 11) is 0. The molecule has 0 amide bonds. The first kappa shape index (κ1) is 17.9. The lowest BCUT2D eigenvalue weighted by Gasteiger charge is -2.30. The molecular weight excluding hydrogens is 302 g/mol. The van der Waals surface area contributed by atoms with Crippen LogP contribution in [0.4, 0.5) is 0 Å². The molecule has 0 heterocycles. The van der Waals surface area contributed by atoms with Crippen LogP contribution >= 0.6 is 0 Å². The average molecular weight is 325 g/mol. The Balaban J connectivity index is 2.40. The van der Waals surface area contributed by atoms with E-state index >= 15 is 0 Å². The first-order chi connectivity index (χ1) is 11.2. The quantitative estimate of drug-likeness (QED) is 0.521.